The summed E-state index contributed by atoms with van der Waals surface area (Å²) in [6, 6.07) is 8.07. The van der Waals surface area contributed by atoms with Gasteiger partial charge in [-0.2, -0.15) is 0 Å². The van der Waals surface area contributed by atoms with Crippen molar-refractivity contribution in [3.8, 4) is 0 Å². The van der Waals surface area contributed by atoms with Crippen LogP contribution in [-0.4, -0.2) is 34.8 Å². The summed E-state index contributed by atoms with van der Waals surface area (Å²) in [5.74, 6) is -3.07. The van der Waals surface area contributed by atoms with Gasteiger partial charge in [-0.15, -0.1) is 0 Å². The molecular formula is C13H17NO5. The molecule has 0 bridgehead atoms. The maximum absolute atomic E-state index is 10.8. The molecule has 1 rings (SSSR count). The standard InChI is InChI=1S/C13H17NO5/c14-12(13(17)18)10(6-11(15)16)8-19-7-9-4-2-1-3-5-9/h1-5,10,12H,6-8,14H2,(H,15,16)(H,17,18)/t10-,12-/m0/s1. The summed E-state index contributed by atoms with van der Waals surface area (Å²) < 4.78 is 5.35. The lowest BCUT2D eigenvalue weighted by Crippen LogP contribution is -2.41. The minimum absolute atomic E-state index is 0.00530. The first-order valence-electron chi connectivity index (χ1n) is 5.82. The maximum atomic E-state index is 10.8. The SMILES string of the molecule is N[C@H](C(=O)O)[C@H](COCc1ccccc1)CC(=O)O. The number of hydrogen-bond acceptors (Lipinski definition) is 4. The van der Waals surface area contributed by atoms with Gasteiger partial charge in [0.1, 0.15) is 6.04 Å². The first-order chi connectivity index (χ1) is 9.00. The number of carboxylic acids is 2. The van der Waals surface area contributed by atoms with Gasteiger partial charge in [0.15, 0.2) is 0 Å². The van der Waals surface area contributed by atoms with E-state index in [0.717, 1.165) is 5.56 Å². The molecule has 0 amide bonds. The fraction of sp³-hybridized carbons (Fsp3) is 0.385. The van der Waals surface area contributed by atoms with Crippen molar-refractivity contribution in [2.45, 2.75) is 19.1 Å². The van der Waals surface area contributed by atoms with Crippen LogP contribution in [0.3, 0.4) is 0 Å². The molecule has 0 saturated carbocycles. The van der Waals surface area contributed by atoms with Gasteiger partial charge in [-0.25, -0.2) is 0 Å². The highest BCUT2D eigenvalue weighted by Crippen LogP contribution is 2.11. The van der Waals surface area contributed by atoms with Crippen LogP contribution in [-0.2, 0) is 20.9 Å². The second kappa shape index (κ2) is 7.50. The zero-order valence-corrected chi connectivity index (χ0v) is 10.4. The van der Waals surface area contributed by atoms with Crippen molar-refractivity contribution in [2.75, 3.05) is 6.61 Å². The van der Waals surface area contributed by atoms with Crippen molar-refractivity contribution < 1.29 is 24.5 Å². The zero-order valence-electron chi connectivity index (χ0n) is 10.4. The van der Waals surface area contributed by atoms with Crippen molar-refractivity contribution in [2.24, 2.45) is 11.7 Å². The molecule has 6 heteroatoms. The van der Waals surface area contributed by atoms with Crippen LogP contribution in [0, 0.1) is 5.92 Å². The smallest absolute Gasteiger partial charge is 0.320 e. The number of carbonyl (C=O) groups is 2. The van der Waals surface area contributed by atoms with Crippen molar-refractivity contribution in [3.63, 3.8) is 0 Å². The molecule has 19 heavy (non-hydrogen) atoms. The molecule has 1 aromatic carbocycles. The largest absolute Gasteiger partial charge is 0.481 e. The minimum atomic E-state index is -1.24. The Labute approximate surface area is 110 Å². The lowest BCUT2D eigenvalue weighted by atomic mass is 9.98. The number of carboxylic acid groups (broad SMARTS) is 2. The quantitative estimate of drug-likeness (QED) is 0.639. The van der Waals surface area contributed by atoms with Gasteiger partial charge in [-0.3, -0.25) is 9.59 Å². The minimum Gasteiger partial charge on any atom is -0.481 e. The topological polar surface area (TPSA) is 110 Å². The Morgan fingerprint density at radius 1 is 1.21 bits per heavy atom. The fourth-order valence-corrected chi connectivity index (χ4v) is 1.62. The molecule has 0 fully saturated rings. The van der Waals surface area contributed by atoms with Gasteiger partial charge in [0.2, 0.25) is 0 Å². The van der Waals surface area contributed by atoms with E-state index in [1.165, 1.54) is 0 Å². The Hall–Kier alpha value is -1.92. The normalized spacial score (nSPS) is 13.7. The molecule has 4 N–H and O–H groups in total. The van der Waals surface area contributed by atoms with E-state index in [9.17, 15) is 9.59 Å². The Bertz CT molecular complexity index is 420. The lowest BCUT2D eigenvalue weighted by molar-refractivity contribution is -0.143. The molecular weight excluding hydrogens is 250 g/mol. The molecule has 0 aromatic heterocycles. The molecule has 0 saturated heterocycles. The monoisotopic (exact) mass is 267 g/mol. The van der Waals surface area contributed by atoms with Gasteiger partial charge in [0, 0.05) is 5.92 Å². The molecule has 1 aromatic rings. The van der Waals surface area contributed by atoms with E-state index in [0.29, 0.717) is 6.61 Å². The summed E-state index contributed by atoms with van der Waals surface area (Å²) in [6.07, 6.45) is -0.331. The molecule has 104 valence electrons. The van der Waals surface area contributed by atoms with Crippen LogP contribution in [0.25, 0.3) is 0 Å². The van der Waals surface area contributed by atoms with Crippen molar-refractivity contribution in [1.29, 1.82) is 0 Å². The number of benzene rings is 1. The summed E-state index contributed by atoms with van der Waals surface area (Å²) >= 11 is 0. The van der Waals surface area contributed by atoms with Crippen LogP contribution in [0.2, 0.25) is 0 Å². The van der Waals surface area contributed by atoms with Crippen molar-refractivity contribution >= 4 is 11.9 Å². The number of hydrogen-bond donors (Lipinski definition) is 3. The molecule has 0 spiro atoms. The van der Waals surface area contributed by atoms with E-state index in [2.05, 4.69) is 0 Å². The van der Waals surface area contributed by atoms with E-state index >= 15 is 0 Å². The van der Waals surface area contributed by atoms with Crippen LogP contribution in [0.1, 0.15) is 12.0 Å². The second-order valence-corrected chi connectivity index (χ2v) is 4.22. The summed E-state index contributed by atoms with van der Waals surface area (Å²) in [5, 5.41) is 17.5. The molecule has 0 heterocycles. The number of rotatable bonds is 8. The highest BCUT2D eigenvalue weighted by atomic mass is 16.5. The van der Waals surface area contributed by atoms with Gasteiger partial charge in [0.25, 0.3) is 0 Å². The van der Waals surface area contributed by atoms with Crippen molar-refractivity contribution in [3.05, 3.63) is 35.9 Å². The third-order valence-corrected chi connectivity index (χ3v) is 2.67. The van der Waals surface area contributed by atoms with E-state index in [-0.39, 0.29) is 13.0 Å². The van der Waals surface area contributed by atoms with E-state index < -0.39 is 23.9 Å². The van der Waals surface area contributed by atoms with E-state index in [4.69, 9.17) is 20.7 Å². The molecule has 0 radical (unpaired) electrons. The van der Waals surface area contributed by atoms with Crippen LogP contribution < -0.4 is 5.73 Å². The summed E-state index contributed by atoms with van der Waals surface area (Å²) in [5.41, 5.74) is 6.38. The van der Waals surface area contributed by atoms with Gasteiger partial charge >= 0.3 is 11.9 Å². The average molecular weight is 267 g/mol. The Morgan fingerprint density at radius 2 is 1.84 bits per heavy atom. The van der Waals surface area contributed by atoms with Gasteiger partial charge in [-0.05, 0) is 5.56 Å². The zero-order chi connectivity index (χ0) is 14.3. The highest BCUT2D eigenvalue weighted by molar-refractivity contribution is 5.75. The number of nitrogens with two attached hydrogens (primary N) is 1. The van der Waals surface area contributed by atoms with Gasteiger partial charge < -0.3 is 20.7 Å². The number of ether oxygens (including phenoxy) is 1. The third kappa shape index (κ3) is 5.50. The molecule has 0 aliphatic carbocycles. The summed E-state index contributed by atoms with van der Waals surface area (Å²) in [4.78, 5) is 21.4. The number of aliphatic carboxylic acids is 2. The summed E-state index contributed by atoms with van der Waals surface area (Å²) in [7, 11) is 0. The molecule has 0 aliphatic rings. The Kier molecular flexibility index (Phi) is 5.98. The molecule has 6 nitrogen and oxygen atoms in total. The van der Waals surface area contributed by atoms with E-state index in [1.54, 1.807) is 0 Å². The predicted octanol–water partition coefficient (Wildman–Crippen LogP) is 0.706. The maximum Gasteiger partial charge on any atom is 0.320 e. The van der Waals surface area contributed by atoms with Crippen LogP contribution in [0.4, 0.5) is 0 Å². The second-order valence-electron chi connectivity index (χ2n) is 4.22. The van der Waals surface area contributed by atoms with Gasteiger partial charge in [0.05, 0.1) is 19.6 Å². The first-order valence-corrected chi connectivity index (χ1v) is 5.82. The predicted molar refractivity (Wildman–Crippen MR) is 67.5 cm³/mol. The van der Waals surface area contributed by atoms with Crippen molar-refractivity contribution in [1.82, 2.24) is 0 Å². The lowest BCUT2D eigenvalue weighted by Gasteiger charge is -2.18. The average Bonchev–Trinajstić information content (AvgIpc) is 2.37. The summed E-state index contributed by atoms with van der Waals surface area (Å²) in [6.45, 7) is 0.290. The van der Waals surface area contributed by atoms with Gasteiger partial charge in [-0.1, -0.05) is 30.3 Å². The van der Waals surface area contributed by atoms with Crippen LogP contribution >= 0.6 is 0 Å². The first kappa shape index (κ1) is 15.1. The van der Waals surface area contributed by atoms with E-state index in [1.807, 2.05) is 30.3 Å². The third-order valence-electron chi connectivity index (χ3n) is 2.67. The van der Waals surface area contributed by atoms with Crippen LogP contribution in [0.15, 0.2) is 30.3 Å². The molecule has 0 aliphatic heterocycles. The fourth-order valence-electron chi connectivity index (χ4n) is 1.62. The highest BCUT2D eigenvalue weighted by Gasteiger charge is 2.26. The molecule has 0 unspecified atom stereocenters. The Morgan fingerprint density at radius 3 is 2.37 bits per heavy atom. The van der Waals surface area contributed by atoms with Crippen LogP contribution in [0.5, 0.6) is 0 Å². The Balaban J connectivity index is 2.49. The molecule has 2 atom stereocenters.